The summed E-state index contributed by atoms with van der Waals surface area (Å²) in [6.45, 7) is 6.14. The van der Waals surface area contributed by atoms with E-state index in [1.54, 1.807) is 6.92 Å². The van der Waals surface area contributed by atoms with Crippen LogP contribution in [0.2, 0.25) is 0 Å². The first-order valence-electron chi connectivity index (χ1n) is 18.9. The highest BCUT2D eigenvalue weighted by Gasteiger charge is 2.04. The van der Waals surface area contributed by atoms with Crippen molar-refractivity contribution in [1.82, 2.24) is 0 Å². The summed E-state index contributed by atoms with van der Waals surface area (Å²) in [4.78, 5) is 21.7. The molecule has 0 bridgehead atoms. The van der Waals surface area contributed by atoms with Gasteiger partial charge in [-0.2, -0.15) is 0 Å². The lowest BCUT2D eigenvalue weighted by Crippen LogP contribution is -2.08. The van der Waals surface area contributed by atoms with Gasteiger partial charge in [0.05, 0.1) is 19.3 Å². The van der Waals surface area contributed by atoms with Crippen molar-refractivity contribution < 1.29 is 29.3 Å². The van der Waals surface area contributed by atoms with Crippen LogP contribution >= 0.6 is 0 Å². The van der Waals surface area contributed by atoms with Crippen molar-refractivity contribution in [1.29, 1.82) is 0 Å². The quantitative estimate of drug-likeness (QED) is 0.0439. The maximum absolute atomic E-state index is 10.9. The zero-order valence-corrected chi connectivity index (χ0v) is 31.4. The van der Waals surface area contributed by atoms with Crippen LogP contribution in [0, 0.1) is 0 Å². The third kappa shape index (κ3) is 44.6. The Bertz CT molecular complexity index is 660. The van der Waals surface area contributed by atoms with Crippen molar-refractivity contribution in [2.75, 3.05) is 21.3 Å². The van der Waals surface area contributed by atoms with E-state index in [-0.39, 0.29) is 12.1 Å². The first-order chi connectivity index (χ1) is 22.4. The van der Waals surface area contributed by atoms with Crippen LogP contribution in [0.25, 0.3) is 0 Å². The molecule has 0 aromatic heterocycles. The molecule has 0 saturated carbocycles. The standard InChI is InChI=1S/C20H38O2.C19H36O3.CH4O/c1-4-5-6-14-17-20(22-3)18-15-12-10-8-7-9-11-13-16-19(2)21;1-3-4-5-12-15-18(20)16-13-10-8-6-7-9-11-14-17-19(21)22-2;1-2/h12,15,20H,4-11,13-14,16-18H2,1-3H3;10,13,18,20H,3-9,11-12,14-17H2,1-2H3;2H,1H3/b15-12-;13-10-;/t20-;18-;/m11./s1. The van der Waals surface area contributed by atoms with Gasteiger partial charge in [0, 0.05) is 27.1 Å². The second kappa shape index (κ2) is 43.5. The fourth-order valence-electron chi connectivity index (χ4n) is 5.12. The van der Waals surface area contributed by atoms with E-state index in [4.69, 9.17) is 9.84 Å². The maximum atomic E-state index is 10.9. The van der Waals surface area contributed by atoms with E-state index < -0.39 is 0 Å². The molecule has 6 nitrogen and oxygen atoms in total. The number of unbranched alkanes of at least 4 members (excludes halogenated alkanes) is 16. The number of esters is 1. The predicted octanol–water partition coefficient (Wildman–Crippen LogP) is 11.0. The minimum absolute atomic E-state index is 0.101. The van der Waals surface area contributed by atoms with Gasteiger partial charge in [0.1, 0.15) is 5.78 Å². The van der Waals surface area contributed by atoms with E-state index in [9.17, 15) is 14.7 Å². The van der Waals surface area contributed by atoms with Crippen LogP contribution in [0.5, 0.6) is 0 Å². The highest BCUT2D eigenvalue weighted by molar-refractivity contribution is 5.75. The third-order valence-corrected chi connectivity index (χ3v) is 8.12. The normalized spacial score (nSPS) is 12.3. The van der Waals surface area contributed by atoms with Gasteiger partial charge in [-0.05, 0) is 71.1 Å². The summed E-state index contributed by atoms with van der Waals surface area (Å²) in [5.74, 6) is 0.224. The summed E-state index contributed by atoms with van der Waals surface area (Å²) in [5, 5.41) is 16.8. The summed E-state index contributed by atoms with van der Waals surface area (Å²) < 4.78 is 10.2. The number of aliphatic hydroxyl groups is 2. The molecular weight excluding hydrogens is 576 g/mol. The van der Waals surface area contributed by atoms with Crippen LogP contribution in [-0.4, -0.2) is 55.5 Å². The number of aliphatic hydroxyl groups excluding tert-OH is 2. The molecule has 0 spiro atoms. The Hall–Kier alpha value is -1.50. The SMILES string of the molecule is CCCCCC[C@@H](O)C/C=C\CCCCCCCC(=O)OC.CCCCCC[C@H](C/C=C\CCCCCCCC(C)=O)OC.CO. The maximum Gasteiger partial charge on any atom is 0.305 e. The highest BCUT2D eigenvalue weighted by Crippen LogP contribution is 2.13. The number of rotatable bonds is 31. The van der Waals surface area contributed by atoms with Crippen molar-refractivity contribution >= 4 is 11.8 Å². The molecule has 0 aromatic carbocycles. The molecule has 0 amide bonds. The number of Topliss-reactive ketones (excluding diaryl/α,β-unsaturated/α-hetero) is 1. The first-order valence-corrected chi connectivity index (χ1v) is 18.9. The second-order valence-corrected chi connectivity index (χ2v) is 12.5. The smallest absolute Gasteiger partial charge is 0.305 e. The summed E-state index contributed by atoms with van der Waals surface area (Å²) in [6.07, 6.45) is 38.7. The number of ketones is 1. The molecule has 0 rings (SSSR count). The summed E-state index contributed by atoms with van der Waals surface area (Å²) >= 11 is 0. The van der Waals surface area contributed by atoms with Gasteiger partial charge in [-0.1, -0.05) is 128 Å². The number of carbonyl (C=O) groups is 2. The Morgan fingerprint density at radius 2 is 1.04 bits per heavy atom. The molecular formula is C40H78O6. The van der Waals surface area contributed by atoms with Gasteiger partial charge in [0.2, 0.25) is 0 Å². The van der Waals surface area contributed by atoms with Gasteiger partial charge in [-0.15, -0.1) is 0 Å². The number of ether oxygens (including phenoxy) is 2. The predicted molar refractivity (Wildman–Crippen MR) is 197 cm³/mol. The second-order valence-electron chi connectivity index (χ2n) is 12.5. The molecule has 0 aliphatic carbocycles. The molecule has 0 aliphatic rings. The largest absolute Gasteiger partial charge is 0.469 e. The number of carbonyl (C=O) groups excluding carboxylic acids is 2. The van der Waals surface area contributed by atoms with Crippen LogP contribution in [0.4, 0.5) is 0 Å². The zero-order chi connectivity index (χ0) is 34.9. The van der Waals surface area contributed by atoms with Gasteiger partial charge < -0.3 is 24.5 Å². The zero-order valence-electron chi connectivity index (χ0n) is 31.4. The fourth-order valence-corrected chi connectivity index (χ4v) is 5.12. The van der Waals surface area contributed by atoms with Gasteiger partial charge >= 0.3 is 5.97 Å². The van der Waals surface area contributed by atoms with Gasteiger partial charge in [-0.25, -0.2) is 0 Å². The number of allylic oxidation sites excluding steroid dienone is 2. The molecule has 0 aliphatic heterocycles. The van der Waals surface area contributed by atoms with E-state index in [0.717, 1.165) is 64.9 Å². The number of hydrogen-bond acceptors (Lipinski definition) is 6. The lowest BCUT2D eigenvalue weighted by Gasteiger charge is -2.12. The van der Waals surface area contributed by atoms with Crippen molar-refractivity contribution in [3.05, 3.63) is 24.3 Å². The van der Waals surface area contributed by atoms with Crippen LogP contribution in [0.3, 0.4) is 0 Å². The molecule has 6 heteroatoms. The molecule has 2 atom stereocenters. The molecule has 2 N–H and O–H groups in total. The highest BCUT2D eigenvalue weighted by atomic mass is 16.5. The Balaban J connectivity index is -0.000000762. The average molecular weight is 655 g/mol. The minimum Gasteiger partial charge on any atom is -0.469 e. The van der Waals surface area contributed by atoms with Crippen molar-refractivity contribution in [3.63, 3.8) is 0 Å². The third-order valence-electron chi connectivity index (χ3n) is 8.12. The van der Waals surface area contributed by atoms with E-state index >= 15 is 0 Å². The molecule has 0 radical (unpaired) electrons. The molecule has 0 heterocycles. The van der Waals surface area contributed by atoms with Crippen LogP contribution < -0.4 is 0 Å². The van der Waals surface area contributed by atoms with Gasteiger partial charge in [0.25, 0.3) is 0 Å². The van der Waals surface area contributed by atoms with Gasteiger partial charge in [0.15, 0.2) is 0 Å². The van der Waals surface area contributed by atoms with Crippen molar-refractivity contribution in [3.8, 4) is 0 Å². The van der Waals surface area contributed by atoms with Crippen molar-refractivity contribution in [2.24, 2.45) is 0 Å². The Labute approximate surface area is 286 Å². The Morgan fingerprint density at radius 1 is 0.587 bits per heavy atom. The first kappa shape index (κ1) is 48.9. The molecule has 0 unspecified atom stereocenters. The number of methoxy groups -OCH3 is 2. The van der Waals surface area contributed by atoms with Gasteiger partial charge in [-0.3, -0.25) is 4.79 Å². The Kier molecular flexibility index (Phi) is 46.2. The molecule has 0 saturated heterocycles. The summed E-state index contributed by atoms with van der Waals surface area (Å²) in [7, 11) is 4.27. The monoisotopic (exact) mass is 655 g/mol. The minimum atomic E-state index is -0.161. The fraction of sp³-hybridized carbons (Fsp3) is 0.850. The summed E-state index contributed by atoms with van der Waals surface area (Å²) in [5.41, 5.74) is 0. The van der Waals surface area contributed by atoms with Crippen LogP contribution in [0.15, 0.2) is 24.3 Å². The molecule has 0 aromatic rings. The number of hydrogen-bond donors (Lipinski definition) is 2. The average Bonchev–Trinajstić information content (AvgIpc) is 3.06. The summed E-state index contributed by atoms with van der Waals surface area (Å²) in [6, 6.07) is 0. The lowest BCUT2D eigenvalue weighted by molar-refractivity contribution is -0.140. The van der Waals surface area contributed by atoms with Crippen LogP contribution in [-0.2, 0) is 19.1 Å². The van der Waals surface area contributed by atoms with E-state index in [2.05, 4.69) is 42.9 Å². The molecule has 46 heavy (non-hydrogen) atoms. The van der Waals surface area contributed by atoms with E-state index in [0.29, 0.717) is 18.3 Å². The lowest BCUT2D eigenvalue weighted by atomic mass is 10.1. The molecule has 274 valence electrons. The van der Waals surface area contributed by atoms with E-state index in [1.165, 1.54) is 110 Å². The van der Waals surface area contributed by atoms with Crippen molar-refractivity contribution in [2.45, 2.75) is 200 Å². The Morgan fingerprint density at radius 3 is 1.54 bits per heavy atom. The van der Waals surface area contributed by atoms with E-state index in [1.807, 2.05) is 7.11 Å². The molecule has 0 fully saturated rings. The topological polar surface area (TPSA) is 93.1 Å². The van der Waals surface area contributed by atoms with Crippen LogP contribution in [0.1, 0.15) is 188 Å².